The first-order valence-corrected chi connectivity index (χ1v) is 7.05. The number of aryl methyl sites for hydroxylation is 1. The Morgan fingerprint density at radius 2 is 2.29 bits per heavy atom. The van der Waals surface area contributed by atoms with Crippen LogP contribution in [0, 0.1) is 12.3 Å². The molecular formula is C17H14N6O. The van der Waals surface area contributed by atoms with E-state index in [1.54, 1.807) is 12.5 Å². The topological polar surface area (TPSA) is 98.2 Å². The Labute approximate surface area is 138 Å². The smallest absolute Gasteiger partial charge is 0.332 e. The number of imidazole rings is 1. The Kier molecular flexibility index (Phi) is 3.95. The lowest BCUT2D eigenvalue weighted by atomic mass is 10.1. The first-order chi connectivity index (χ1) is 11.6. The lowest BCUT2D eigenvalue weighted by Gasteiger charge is -2.08. The summed E-state index contributed by atoms with van der Waals surface area (Å²) in [5, 5.41) is 4.70. The van der Waals surface area contributed by atoms with E-state index >= 15 is 0 Å². The second kappa shape index (κ2) is 6.22. The molecule has 7 heteroatoms. The zero-order chi connectivity index (χ0) is 17.1. The Balaban J connectivity index is 2.20. The minimum Gasteiger partial charge on any atom is -0.350 e. The van der Waals surface area contributed by atoms with Crippen molar-refractivity contribution in [1.29, 1.82) is 0 Å². The molecule has 2 heterocycles. The molecule has 0 spiro atoms. The van der Waals surface area contributed by atoms with Crippen LogP contribution >= 0.6 is 0 Å². The van der Waals surface area contributed by atoms with Crippen LogP contribution in [0.15, 0.2) is 41.9 Å². The molecule has 0 unspecified atom stereocenters. The van der Waals surface area contributed by atoms with Crippen LogP contribution in [0.2, 0.25) is 0 Å². The van der Waals surface area contributed by atoms with E-state index in [9.17, 15) is 4.79 Å². The van der Waals surface area contributed by atoms with E-state index in [4.69, 9.17) is 12.2 Å². The average molecular weight is 318 g/mol. The average Bonchev–Trinajstić information content (AvgIpc) is 2.99. The SMILES string of the molecule is C#Cc1ccc2c(/C=N/NC(N)=O)cc(-c3cncn3C)nc2c1. The highest BCUT2D eigenvalue weighted by Crippen LogP contribution is 2.24. The number of nitrogens with two attached hydrogens (primary N) is 1. The summed E-state index contributed by atoms with van der Waals surface area (Å²) in [6.07, 6.45) is 10.4. The maximum absolute atomic E-state index is 10.8. The predicted molar refractivity (Wildman–Crippen MR) is 92.2 cm³/mol. The lowest BCUT2D eigenvalue weighted by Crippen LogP contribution is -2.24. The number of carbonyl (C=O) groups is 1. The zero-order valence-electron chi connectivity index (χ0n) is 12.9. The molecule has 118 valence electrons. The standard InChI is InChI=1S/C17H14N6O/c1-3-11-4-5-13-12(8-20-22-17(18)24)7-15(21-14(13)6-11)16-9-19-10-23(16)2/h1,4-10H,2H3,(H3,18,22,24)/b20-8+. The summed E-state index contributed by atoms with van der Waals surface area (Å²) in [6, 6.07) is 6.66. The molecule has 7 nitrogen and oxygen atoms in total. The van der Waals surface area contributed by atoms with Crippen LogP contribution in [0.1, 0.15) is 11.1 Å². The van der Waals surface area contributed by atoms with Crippen LogP contribution < -0.4 is 11.2 Å². The van der Waals surface area contributed by atoms with Gasteiger partial charge in [-0.3, -0.25) is 0 Å². The second-order valence-electron chi connectivity index (χ2n) is 5.10. The number of hydrogen-bond donors (Lipinski definition) is 2. The Morgan fingerprint density at radius 1 is 1.46 bits per heavy atom. The number of benzene rings is 1. The molecule has 3 aromatic rings. The largest absolute Gasteiger partial charge is 0.350 e. The van der Waals surface area contributed by atoms with Crippen molar-refractivity contribution in [2.75, 3.05) is 0 Å². The normalized spacial score (nSPS) is 10.8. The first kappa shape index (κ1) is 15.2. The Hall–Kier alpha value is -3.66. The first-order valence-electron chi connectivity index (χ1n) is 7.05. The highest BCUT2D eigenvalue weighted by molar-refractivity contribution is 6.00. The quantitative estimate of drug-likeness (QED) is 0.436. The van der Waals surface area contributed by atoms with Gasteiger partial charge < -0.3 is 10.3 Å². The molecule has 2 aromatic heterocycles. The minimum atomic E-state index is -0.730. The molecule has 0 aliphatic heterocycles. The molecule has 0 bridgehead atoms. The summed E-state index contributed by atoms with van der Waals surface area (Å²) in [7, 11) is 1.88. The fourth-order valence-corrected chi connectivity index (χ4v) is 2.35. The van der Waals surface area contributed by atoms with Crippen molar-refractivity contribution in [3.05, 3.63) is 47.9 Å². The third-order valence-electron chi connectivity index (χ3n) is 3.47. The number of carbonyl (C=O) groups excluding carboxylic acids is 1. The zero-order valence-corrected chi connectivity index (χ0v) is 12.9. The molecule has 0 saturated carbocycles. The monoisotopic (exact) mass is 318 g/mol. The number of aromatic nitrogens is 3. The number of hydrazone groups is 1. The fraction of sp³-hybridized carbons (Fsp3) is 0.0588. The van der Waals surface area contributed by atoms with Crippen molar-refractivity contribution in [3.8, 4) is 23.7 Å². The van der Waals surface area contributed by atoms with Crippen molar-refractivity contribution < 1.29 is 4.79 Å². The van der Waals surface area contributed by atoms with Gasteiger partial charge in [-0.2, -0.15) is 5.10 Å². The van der Waals surface area contributed by atoms with Crippen molar-refractivity contribution in [3.63, 3.8) is 0 Å². The minimum absolute atomic E-state index is 0.720. The van der Waals surface area contributed by atoms with E-state index in [1.165, 1.54) is 6.21 Å². The summed E-state index contributed by atoms with van der Waals surface area (Å²) in [5.41, 5.74) is 11.0. The van der Waals surface area contributed by atoms with E-state index in [0.29, 0.717) is 0 Å². The molecule has 0 aliphatic rings. The molecule has 1 aromatic carbocycles. The van der Waals surface area contributed by atoms with Crippen LogP contribution in [0.3, 0.4) is 0 Å². The number of hydrogen-bond acceptors (Lipinski definition) is 4. The Bertz CT molecular complexity index is 996. The molecule has 0 saturated heterocycles. The van der Waals surface area contributed by atoms with Crippen molar-refractivity contribution in [1.82, 2.24) is 20.0 Å². The summed E-state index contributed by atoms with van der Waals surface area (Å²) < 4.78 is 1.86. The maximum Gasteiger partial charge on any atom is 0.332 e. The van der Waals surface area contributed by atoms with E-state index in [-0.39, 0.29) is 0 Å². The molecule has 0 aliphatic carbocycles. The van der Waals surface area contributed by atoms with E-state index in [2.05, 4.69) is 26.4 Å². The van der Waals surface area contributed by atoms with Crippen LogP contribution in [-0.2, 0) is 7.05 Å². The third-order valence-corrected chi connectivity index (χ3v) is 3.47. The van der Waals surface area contributed by atoms with Gasteiger partial charge in [0.2, 0.25) is 0 Å². The van der Waals surface area contributed by atoms with Gasteiger partial charge in [-0.05, 0) is 18.2 Å². The fourth-order valence-electron chi connectivity index (χ4n) is 2.35. The number of nitrogens with zero attached hydrogens (tertiary/aromatic N) is 4. The van der Waals surface area contributed by atoms with E-state index in [1.807, 2.05) is 35.9 Å². The molecule has 3 N–H and O–H groups in total. The number of rotatable bonds is 3. The van der Waals surface area contributed by atoms with Gasteiger partial charge in [-0.15, -0.1) is 6.42 Å². The Morgan fingerprint density at radius 3 is 2.96 bits per heavy atom. The number of urea groups is 1. The third kappa shape index (κ3) is 2.94. The van der Waals surface area contributed by atoms with Gasteiger partial charge in [0.15, 0.2) is 0 Å². The molecular weight excluding hydrogens is 304 g/mol. The van der Waals surface area contributed by atoms with Gasteiger partial charge in [0.25, 0.3) is 0 Å². The van der Waals surface area contributed by atoms with E-state index in [0.717, 1.165) is 33.4 Å². The summed E-state index contributed by atoms with van der Waals surface area (Å²) in [6.45, 7) is 0. The molecule has 3 rings (SSSR count). The van der Waals surface area contributed by atoms with Crippen LogP contribution in [0.25, 0.3) is 22.3 Å². The number of terminal acetylenes is 1. The maximum atomic E-state index is 10.8. The highest BCUT2D eigenvalue weighted by Gasteiger charge is 2.10. The summed E-state index contributed by atoms with van der Waals surface area (Å²) >= 11 is 0. The molecule has 2 amide bonds. The molecule has 0 atom stereocenters. The number of fused-ring (bicyclic) bond motifs is 1. The highest BCUT2D eigenvalue weighted by atomic mass is 16.2. The van der Waals surface area contributed by atoms with Crippen molar-refractivity contribution in [2.24, 2.45) is 17.9 Å². The van der Waals surface area contributed by atoms with Gasteiger partial charge in [0.1, 0.15) is 0 Å². The van der Waals surface area contributed by atoms with Gasteiger partial charge in [-0.1, -0.05) is 12.0 Å². The predicted octanol–water partition coefficient (Wildman–Crippen LogP) is 1.62. The lowest BCUT2D eigenvalue weighted by molar-refractivity contribution is 0.249. The van der Waals surface area contributed by atoms with Gasteiger partial charge in [0, 0.05) is 23.6 Å². The van der Waals surface area contributed by atoms with Crippen molar-refractivity contribution >= 4 is 23.1 Å². The summed E-state index contributed by atoms with van der Waals surface area (Å²) in [4.78, 5) is 19.6. The number of primary amides is 1. The molecule has 24 heavy (non-hydrogen) atoms. The number of nitrogens with one attached hydrogen (secondary N) is 1. The number of pyridine rings is 1. The van der Waals surface area contributed by atoms with E-state index < -0.39 is 6.03 Å². The van der Waals surface area contributed by atoms with Gasteiger partial charge in [0.05, 0.1) is 35.6 Å². The van der Waals surface area contributed by atoms with Gasteiger partial charge in [-0.25, -0.2) is 20.2 Å². The van der Waals surface area contributed by atoms with Gasteiger partial charge >= 0.3 is 6.03 Å². The second-order valence-corrected chi connectivity index (χ2v) is 5.10. The summed E-state index contributed by atoms with van der Waals surface area (Å²) in [5.74, 6) is 2.60. The molecule has 0 fully saturated rings. The number of amides is 2. The van der Waals surface area contributed by atoms with Crippen LogP contribution in [0.5, 0.6) is 0 Å². The van der Waals surface area contributed by atoms with Crippen LogP contribution in [-0.4, -0.2) is 26.8 Å². The molecule has 0 radical (unpaired) electrons. The van der Waals surface area contributed by atoms with Crippen molar-refractivity contribution in [2.45, 2.75) is 0 Å². The van der Waals surface area contributed by atoms with Crippen LogP contribution in [0.4, 0.5) is 4.79 Å².